The van der Waals surface area contributed by atoms with Crippen LogP contribution in [0, 0.1) is 0 Å². The molecule has 0 spiro atoms. The lowest BCUT2D eigenvalue weighted by atomic mass is 9.91. The molecule has 3 heterocycles. The predicted molar refractivity (Wildman–Crippen MR) is 188 cm³/mol. The summed E-state index contributed by atoms with van der Waals surface area (Å²) < 4.78 is 17.5. The molecule has 1 aromatic heterocycles. The predicted octanol–water partition coefficient (Wildman–Crippen LogP) is 2.31. The number of nitrogens with zero attached hydrogens (tertiary/aromatic N) is 2. The van der Waals surface area contributed by atoms with Crippen molar-refractivity contribution in [3.05, 3.63) is 105 Å². The summed E-state index contributed by atoms with van der Waals surface area (Å²) in [5.41, 5.74) is 4.53. The van der Waals surface area contributed by atoms with Gasteiger partial charge in [-0.1, -0.05) is 48.5 Å². The lowest BCUT2D eigenvalue weighted by molar-refractivity contribution is -0.231. The summed E-state index contributed by atoms with van der Waals surface area (Å²) in [6.45, 7) is 1.51. The van der Waals surface area contributed by atoms with Crippen LogP contribution in [0.5, 0.6) is 0 Å². The summed E-state index contributed by atoms with van der Waals surface area (Å²) in [5, 5.41) is 43.5. The molecule has 1 fully saturated rings. The van der Waals surface area contributed by atoms with Gasteiger partial charge in [0, 0.05) is 36.5 Å². The molecular weight excluding hydrogens is 642 g/mol. The van der Waals surface area contributed by atoms with Crippen LogP contribution in [-0.4, -0.2) is 109 Å². The Hall–Kier alpha value is -4.14. The fraction of sp³-hybridized carbons (Fsp3) is 0.421. The first-order valence-electron chi connectivity index (χ1n) is 17.0. The molecule has 0 radical (unpaired) electrons. The van der Waals surface area contributed by atoms with E-state index >= 15 is 0 Å². The van der Waals surface area contributed by atoms with E-state index in [2.05, 4.69) is 63.6 Å². The van der Waals surface area contributed by atoms with Crippen LogP contribution in [0.4, 0.5) is 11.4 Å². The second-order valence-electron chi connectivity index (χ2n) is 13.2. The molecule has 1 amide bonds. The first-order chi connectivity index (χ1) is 24.1. The van der Waals surface area contributed by atoms with Gasteiger partial charge in [-0.15, -0.1) is 0 Å². The molecule has 1 unspecified atom stereocenters. The Bertz CT molecular complexity index is 1800. The van der Waals surface area contributed by atoms with Gasteiger partial charge in [0.25, 0.3) is 5.91 Å². The molecule has 2 aliphatic rings. The number of carbonyl (C=O) groups excluding carboxylic acids is 1. The van der Waals surface area contributed by atoms with Crippen molar-refractivity contribution in [3.8, 4) is 0 Å². The standard InChI is InChI=1S/C38H45N3O9/c1-40(2)20-27(21-41-29-10-5-3-8-23(29)12-13-24-9-4-6-11-30(24)41)48-17-7-16-39-37(46)28-18-25-14-15-26(19-31(25)50-38(28)47)36-35(45)34(44)33(43)32(22-42)49-36/h3-6,8-11,14-15,18-19,27,32-36,42-45H,7,12-13,16-17,20-22H2,1-2H3,(H,39,46)/t27?,32-,33+,34+,35-,36+/m1/s1. The van der Waals surface area contributed by atoms with Crippen molar-refractivity contribution in [2.45, 2.75) is 55.9 Å². The fourth-order valence-electron chi connectivity index (χ4n) is 6.80. The maximum atomic E-state index is 13.0. The Labute approximate surface area is 290 Å². The number of benzene rings is 3. The average Bonchev–Trinajstić information content (AvgIpc) is 3.26. The molecule has 4 aromatic rings. The van der Waals surface area contributed by atoms with Crippen LogP contribution in [0.1, 0.15) is 39.6 Å². The second kappa shape index (κ2) is 15.8. The highest BCUT2D eigenvalue weighted by molar-refractivity contribution is 5.96. The Balaban J connectivity index is 1.07. The third-order valence-corrected chi connectivity index (χ3v) is 9.37. The number of anilines is 2. The molecule has 5 N–H and O–H groups in total. The maximum absolute atomic E-state index is 13.0. The number of amides is 1. The molecule has 6 rings (SSSR count). The third kappa shape index (κ3) is 7.77. The SMILES string of the molecule is CN(C)CC(CN1c2ccccc2CCc2ccccc21)OCCCNC(=O)c1cc2ccc([C@@H]3O[C@H](CO)[C@H](O)[C@H](O)[C@H]3O)cc2oc1=O. The van der Waals surface area contributed by atoms with Crippen LogP contribution in [-0.2, 0) is 22.3 Å². The van der Waals surface area contributed by atoms with Gasteiger partial charge < -0.3 is 49.4 Å². The molecular formula is C38H45N3O9. The third-order valence-electron chi connectivity index (χ3n) is 9.37. The first kappa shape index (κ1) is 35.7. The van der Waals surface area contributed by atoms with Gasteiger partial charge >= 0.3 is 5.63 Å². The summed E-state index contributed by atoms with van der Waals surface area (Å²) in [6.07, 6.45) is -4.31. The topological polar surface area (TPSA) is 165 Å². The Morgan fingerprint density at radius 1 is 0.960 bits per heavy atom. The van der Waals surface area contributed by atoms with Crippen molar-refractivity contribution in [3.63, 3.8) is 0 Å². The zero-order valence-electron chi connectivity index (χ0n) is 28.3. The average molecular weight is 688 g/mol. The van der Waals surface area contributed by atoms with Crippen LogP contribution in [0.3, 0.4) is 0 Å². The minimum atomic E-state index is -1.54. The van der Waals surface area contributed by atoms with Gasteiger partial charge in [-0.3, -0.25) is 4.79 Å². The molecule has 12 heteroatoms. The van der Waals surface area contributed by atoms with E-state index in [1.54, 1.807) is 12.1 Å². The summed E-state index contributed by atoms with van der Waals surface area (Å²) in [5.74, 6) is -0.568. The van der Waals surface area contributed by atoms with Gasteiger partial charge in [-0.2, -0.15) is 0 Å². The number of aliphatic hydroxyl groups excluding tert-OH is 4. The van der Waals surface area contributed by atoms with E-state index in [-0.39, 0.29) is 23.8 Å². The van der Waals surface area contributed by atoms with E-state index in [0.29, 0.717) is 37.1 Å². The zero-order chi connectivity index (χ0) is 35.4. The number of fused-ring (bicyclic) bond motifs is 3. The molecule has 3 aromatic carbocycles. The molecule has 12 nitrogen and oxygen atoms in total. The summed E-state index contributed by atoms with van der Waals surface area (Å²) in [6, 6.07) is 23.1. The molecule has 0 bridgehead atoms. The number of hydrogen-bond acceptors (Lipinski definition) is 11. The second-order valence-corrected chi connectivity index (χ2v) is 13.2. The highest BCUT2D eigenvalue weighted by Gasteiger charge is 2.44. The minimum absolute atomic E-state index is 0.111. The van der Waals surface area contributed by atoms with Crippen LogP contribution >= 0.6 is 0 Å². The number of likely N-dealkylation sites (N-methyl/N-ethyl adjacent to an activating group) is 1. The fourth-order valence-corrected chi connectivity index (χ4v) is 6.80. The van der Waals surface area contributed by atoms with Crippen molar-refractivity contribution < 1.29 is 39.1 Å². The molecule has 6 atom stereocenters. The number of para-hydroxylation sites is 2. The number of aryl methyl sites for hydroxylation is 2. The number of hydrogen-bond donors (Lipinski definition) is 5. The molecule has 266 valence electrons. The van der Waals surface area contributed by atoms with Crippen LogP contribution in [0.25, 0.3) is 11.0 Å². The van der Waals surface area contributed by atoms with Gasteiger partial charge in [0.1, 0.15) is 41.7 Å². The lowest BCUT2D eigenvalue weighted by Gasteiger charge is -2.40. The van der Waals surface area contributed by atoms with Crippen LogP contribution in [0.15, 0.2) is 82.0 Å². The van der Waals surface area contributed by atoms with Gasteiger partial charge in [0.15, 0.2) is 0 Å². The highest BCUT2D eigenvalue weighted by atomic mass is 16.5. The van der Waals surface area contributed by atoms with Gasteiger partial charge in [-0.25, -0.2) is 4.79 Å². The Kier molecular flexibility index (Phi) is 11.3. The Morgan fingerprint density at radius 2 is 1.64 bits per heavy atom. The summed E-state index contributed by atoms with van der Waals surface area (Å²) in [4.78, 5) is 30.3. The summed E-state index contributed by atoms with van der Waals surface area (Å²) >= 11 is 0. The van der Waals surface area contributed by atoms with E-state index in [9.17, 15) is 30.0 Å². The maximum Gasteiger partial charge on any atom is 0.349 e. The van der Waals surface area contributed by atoms with Crippen molar-refractivity contribution in [1.29, 1.82) is 0 Å². The normalized spacial score (nSPS) is 22.5. The van der Waals surface area contributed by atoms with Crippen molar-refractivity contribution in [2.75, 3.05) is 51.8 Å². The molecule has 0 aliphatic carbocycles. The van der Waals surface area contributed by atoms with E-state index in [4.69, 9.17) is 13.9 Å². The van der Waals surface area contributed by atoms with Gasteiger partial charge in [-0.05, 0) is 74.3 Å². The number of ether oxygens (including phenoxy) is 2. The smallest absolute Gasteiger partial charge is 0.349 e. The number of rotatable bonds is 12. The quantitative estimate of drug-likeness (QED) is 0.110. The van der Waals surface area contributed by atoms with Crippen LogP contribution in [0.2, 0.25) is 0 Å². The Morgan fingerprint density at radius 3 is 2.30 bits per heavy atom. The van der Waals surface area contributed by atoms with Gasteiger partial charge in [0.2, 0.25) is 0 Å². The molecule has 0 saturated carbocycles. The van der Waals surface area contributed by atoms with Crippen LogP contribution < -0.4 is 15.8 Å². The highest BCUT2D eigenvalue weighted by Crippen LogP contribution is 2.36. The first-order valence-corrected chi connectivity index (χ1v) is 17.0. The van der Waals surface area contributed by atoms with Crippen molar-refractivity contribution in [1.82, 2.24) is 10.2 Å². The molecule has 50 heavy (non-hydrogen) atoms. The number of nitrogens with one attached hydrogen (secondary N) is 1. The van der Waals surface area contributed by atoms with E-state index in [0.717, 1.165) is 12.8 Å². The molecule has 1 saturated heterocycles. The van der Waals surface area contributed by atoms with Crippen molar-refractivity contribution in [2.24, 2.45) is 0 Å². The number of carbonyl (C=O) groups is 1. The zero-order valence-corrected chi connectivity index (χ0v) is 28.3. The lowest BCUT2D eigenvalue weighted by Crippen LogP contribution is -2.55. The molecule has 2 aliphatic heterocycles. The number of aliphatic hydroxyl groups is 4. The summed E-state index contributed by atoms with van der Waals surface area (Å²) in [7, 11) is 4.04. The van der Waals surface area contributed by atoms with E-state index in [1.165, 1.54) is 34.6 Å². The minimum Gasteiger partial charge on any atom is -0.422 e. The van der Waals surface area contributed by atoms with E-state index < -0.39 is 48.7 Å². The van der Waals surface area contributed by atoms with Crippen molar-refractivity contribution >= 4 is 28.3 Å². The largest absolute Gasteiger partial charge is 0.422 e. The monoisotopic (exact) mass is 687 g/mol. The van der Waals surface area contributed by atoms with E-state index in [1.807, 2.05) is 14.1 Å². The van der Waals surface area contributed by atoms with Gasteiger partial charge in [0.05, 0.1) is 19.3 Å².